The van der Waals surface area contributed by atoms with Crippen LogP contribution in [0.4, 0.5) is 0 Å². The number of carbonyl (C=O) groups is 2. The average molecular weight is 459 g/mol. The van der Waals surface area contributed by atoms with Crippen molar-refractivity contribution in [3.05, 3.63) is 90.0 Å². The zero-order valence-corrected chi connectivity index (χ0v) is 19.6. The molecular formula is C28H30N2O4. The minimum absolute atomic E-state index is 0.143. The molecule has 0 saturated carbocycles. The number of hydrogen-bond donors (Lipinski definition) is 1. The van der Waals surface area contributed by atoms with Crippen molar-refractivity contribution in [2.75, 3.05) is 20.3 Å². The van der Waals surface area contributed by atoms with E-state index in [4.69, 9.17) is 9.47 Å². The second kappa shape index (κ2) is 11.0. The maximum absolute atomic E-state index is 13.2. The normalized spacial score (nSPS) is 17.8. The summed E-state index contributed by atoms with van der Waals surface area (Å²) in [5.41, 5.74) is 3.56. The van der Waals surface area contributed by atoms with E-state index in [9.17, 15) is 9.59 Å². The van der Waals surface area contributed by atoms with Crippen molar-refractivity contribution in [1.29, 1.82) is 0 Å². The molecule has 1 aliphatic rings. The number of amides is 1. The van der Waals surface area contributed by atoms with Crippen molar-refractivity contribution >= 4 is 11.9 Å². The number of ether oxygens (including phenoxy) is 2. The third-order valence-corrected chi connectivity index (χ3v) is 6.09. The van der Waals surface area contributed by atoms with Crippen molar-refractivity contribution in [3.8, 4) is 16.9 Å². The number of nitrogens with zero attached hydrogens (tertiary/aromatic N) is 1. The van der Waals surface area contributed by atoms with E-state index in [1.54, 1.807) is 0 Å². The van der Waals surface area contributed by atoms with Crippen LogP contribution in [0.15, 0.2) is 78.9 Å². The van der Waals surface area contributed by atoms with Gasteiger partial charge in [0.2, 0.25) is 0 Å². The van der Waals surface area contributed by atoms with Crippen molar-refractivity contribution in [1.82, 2.24) is 10.2 Å². The molecule has 6 heteroatoms. The van der Waals surface area contributed by atoms with Gasteiger partial charge in [0.1, 0.15) is 11.8 Å². The quantitative estimate of drug-likeness (QED) is 0.510. The molecule has 0 unspecified atom stereocenters. The second-order valence-electron chi connectivity index (χ2n) is 8.36. The van der Waals surface area contributed by atoms with Gasteiger partial charge in [0.05, 0.1) is 13.7 Å². The van der Waals surface area contributed by atoms with Crippen LogP contribution in [-0.4, -0.2) is 49.1 Å². The number of nitrogens with one attached hydrogen (secondary N) is 1. The SMILES string of the molecule is CCOc1ccc(CN2C[C@H](NC(=O)c3ccccc3-c3ccccc3)C[C@H]2C(=O)OC)cc1. The van der Waals surface area contributed by atoms with Crippen LogP contribution in [-0.2, 0) is 16.1 Å². The average Bonchev–Trinajstić information content (AvgIpc) is 3.27. The summed E-state index contributed by atoms with van der Waals surface area (Å²) in [5, 5.41) is 3.15. The van der Waals surface area contributed by atoms with Crippen LogP contribution in [0, 0.1) is 0 Å². The summed E-state index contributed by atoms with van der Waals surface area (Å²) in [4.78, 5) is 27.8. The summed E-state index contributed by atoms with van der Waals surface area (Å²) in [5.74, 6) is 0.391. The van der Waals surface area contributed by atoms with Crippen LogP contribution in [0.3, 0.4) is 0 Å². The third kappa shape index (κ3) is 5.46. The summed E-state index contributed by atoms with van der Waals surface area (Å²) in [7, 11) is 1.40. The fraction of sp³-hybridized carbons (Fsp3) is 0.286. The first-order chi connectivity index (χ1) is 16.6. The highest BCUT2D eigenvalue weighted by Crippen LogP contribution is 2.26. The van der Waals surface area contributed by atoms with Gasteiger partial charge in [0.25, 0.3) is 5.91 Å². The van der Waals surface area contributed by atoms with Gasteiger partial charge >= 0.3 is 5.97 Å². The topological polar surface area (TPSA) is 67.9 Å². The Morgan fingerprint density at radius 2 is 1.68 bits per heavy atom. The summed E-state index contributed by atoms with van der Waals surface area (Å²) in [6.07, 6.45) is 0.503. The summed E-state index contributed by atoms with van der Waals surface area (Å²) in [6, 6.07) is 24.7. The Hall–Kier alpha value is -3.64. The molecule has 3 aromatic rings. The monoisotopic (exact) mass is 458 g/mol. The molecule has 1 aliphatic heterocycles. The molecule has 1 N–H and O–H groups in total. The first-order valence-corrected chi connectivity index (χ1v) is 11.6. The van der Waals surface area contributed by atoms with Gasteiger partial charge in [-0.1, -0.05) is 60.7 Å². The maximum Gasteiger partial charge on any atom is 0.323 e. The molecule has 1 amide bonds. The van der Waals surface area contributed by atoms with Crippen LogP contribution in [0.5, 0.6) is 5.75 Å². The Labute approximate surface area is 200 Å². The number of esters is 1. The van der Waals surface area contributed by atoms with E-state index < -0.39 is 6.04 Å². The Bertz CT molecular complexity index is 1110. The number of methoxy groups -OCH3 is 1. The molecule has 1 saturated heterocycles. The minimum atomic E-state index is -0.411. The molecule has 0 aromatic heterocycles. The van der Waals surface area contributed by atoms with Gasteiger partial charge in [-0.3, -0.25) is 14.5 Å². The van der Waals surface area contributed by atoms with Crippen molar-refractivity contribution in [2.24, 2.45) is 0 Å². The molecule has 0 spiro atoms. The summed E-state index contributed by atoms with van der Waals surface area (Å²) in [6.45, 7) is 3.71. The molecule has 0 bridgehead atoms. The Morgan fingerprint density at radius 3 is 2.38 bits per heavy atom. The van der Waals surface area contributed by atoms with Gasteiger partial charge in [-0.25, -0.2) is 0 Å². The van der Waals surface area contributed by atoms with Crippen LogP contribution >= 0.6 is 0 Å². The number of hydrogen-bond acceptors (Lipinski definition) is 5. The zero-order valence-electron chi connectivity index (χ0n) is 19.6. The predicted octanol–water partition coefficient (Wildman–Crippen LogP) is 4.30. The standard InChI is InChI=1S/C28H30N2O4/c1-3-34-23-15-13-20(14-16-23)18-30-19-22(17-26(30)28(32)33-2)29-27(31)25-12-8-7-11-24(25)21-9-5-4-6-10-21/h4-16,22,26H,3,17-19H2,1-2H3,(H,29,31)/t22-,26+/m1/s1. The molecule has 0 radical (unpaired) electrons. The summed E-state index contributed by atoms with van der Waals surface area (Å²) < 4.78 is 10.6. The molecule has 2 atom stereocenters. The van der Waals surface area contributed by atoms with Crippen LogP contribution in [0.25, 0.3) is 11.1 Å². The zero-order chi connectivity index (χ0) is 23.9. The van der Waals surface area contributed by atoms with E-state index in [0.717, 1.165) is 22.4 Å². The van der Waals surface area contributed by atoms with E-state index in [1.807, 2.05) is 85.8 Å². The Kier molecular flexibility index (Phi) is 7.60. The highest BCUT2D eigenvalue weighted by atomic mass is 16.5. The maximum atomic E-state index is 13.2. The van der Waals surface area contributed by atoms with Crippen molar-refractivity contribution in [3.63, 3.8) is 0 Å². The van der Waals surface area contributed by atoms with Gasteiger partial charge < -0.3 is 14.8 Å². The Morgan fingerprint density at radius 1 is 0.971 bits per heavy atom. The lowest BCUT2D eigenvalue weighted by Gasteiger charge is -2.22. The highest BCUT2D eigenvalue weighted by molar-refractivity contribution is 6.01. The molecule has 4 rings (SSSR count). The fourth-order valence-electron chi connectivity index (χ4n) is 4.47. The molecule has 176 valence electrons. The number of likely N-dealkylation sites (tertiary alicyclic amines) is 1. The largest absolute Gasteiger partial charge is 0.494 e. The predicted molar refractivity (Wildman–Crippen MR) is 132 cm³/mol. The lowest BCUT2D eigenvalue weighted by Crippen LogP contribution is -2.37. The minimum Gasteiger partial charge on any atom is -0.494 e. The molecule has 1 heterocycles. The molecule has 6 nitrogen and oxygen atoms in total. The summed E-state index contributed by atoms with van der Waals surface area (Å²) >= 11 is 0. The molecule has 34 heavy (non-hydrogen) atoms. The highest BCUT2D eigenvalue weighted by Gasteiger charge is 2.38. The van der Waals surface area contributed by atoms with E-state index in [-0.39, 0.29) is 17.9 Å². The van der Waals surface area contributed by atoms with E-state index >= 15 is 0 Å². The van der Waals surface area contributed by atoms with Crippen molar-refractivity contribution < 1.29 is 19.1 Å². The number of carbonyl (C=O) groups excluding carboxylic acids is 2. The van der Waals surface area contributed by atoms with Gasteiger partial charge in [0, 0.05) is 24.7 Å². The smallest absolute Gasteiger partial charge is 0.323 e. The molecular weight excluding hydrogens is 428 g/mol. The number of benzene rings is 3. The van der Waals surface area contributed by atoms with Gasteiger partial charge in [-0.05, 0) is 48.2 Å². The molecule has 3 aromatic carbocycles. The first-order valence-electron chi connectivity index (χ1n) is 11.6. The van der Waals surface area contributed by atoms with Gasteiger partial charge in [-0.2, -0.15) is 0 Å². The fourth-order valence-corrected chi connectivity index (χ4v) is 4.47. The lowest BCUT2D eigenvalue weighted by atomic mass is 9.99. The van der Waals surface area contributed by atoms with E-state index in [0.29, 0.717) is 31.7 Å². The van der Waals surface area contributed by atoms with Crippen LogP contribution in [0.1, 0.15) is 29.3 Å². The second-order valence-corrected chi connectivity index (χ2v) is 8.36. The van der Waals surface area contributed by atoms with E-state index in [1.165, 1.54) is 7.11 Å². The van der Waals surface area contributed by atoms with Gasteiger partial charge in [-0.15, -0.1) is 0 Å². The lowest BCUT2D eigenvalue weighted by molar-refractivity contribution is -0.146. The van der Waals surface area contributed by atoms with Crippen molar-refractivity contribution in [2.45, 2.75) is 32.0 Å². The first kappa shape index (κ1) is 23.5. The van der Waals surface area contributed by atoms with E-state index in [2.05, 4.69) is 10.2 Å². The van der Waals surface area contributed by atoms with Crippen LogP contribution < -0.4 is 10.1 Å². The number of rotatable bonds is 8. The Balaban J connectivity index is 1.48. The molecule has 1 fully saturated rings. The third-order valence-electron chi connectivity index (χ3n) is 6.09. The van der Waals surface area contributed by atoms with Crippen LogP contribution in [0.2, 0.25) is 0 Å². The molecule has 0 aliphatic carbocycles. The van der Waals surface area contributed by atoms with Gasteiger partial charge in [0.15, 0.2) is 0 Å².